The van der Waals surface area contributed by atoms with Crippen molar-refractivity contribution in [3.8, 4) is 5.75 Å². The minimum Gasteiger partial charge on any atom is -0.507 e. The Kier molecular flexibility index (Phi) is 9.95. The van der Waals surface area contributed by atoms with Crippen LogP contribution in [0.25, 0.3) is 0 Å². The number of ketones is 1. The molecular weight excluding hydrogens is 414 g/mol. The highest BCUT2D eigenvalue weighted by Crippen LogP contribution is 2.30. The molecular formula is C28H39NO4. The lowest BCUT2D eigenvalue weighted by molar-refractivity contribution is 0.0425. The number of hydrogen-bond donors (Lipinski definition) is 1. The standard InChI is InChI=1S/C28H39NO4/c1-7-9-12-21(8-2)18-33-28(32)24-14-11-10-13-23(24)27(31)25-16-15-22(17-26(25)30)29(19(3)4)20(5)6/h10-11,13-17,19-21,30H,7-9,12,18H2,1-6H3. The SMILES string of the molecule is CCCCC(CC)COC(=O)c1ccccc1C(=O)c1ccc(N(C(C)C)C(C)C)cc1O. The first kappa shape index (κ1) is 26.4. The first-order valence-corrected chi connectivity index (χ1v) is 12.1. The topological polar surface area (TPSA) is 66.8 Å². The molecule has 5 nitrogen and oxygen atoms in total. The number of rotatable bonds is 12. The molecule has 2 aromatic rings. The van der Waals surface area contributed by atoms with E-state index in [9.17, 15) is 14.7 Å². The van der Waals surface area contributed by atoms with Crippen molar-refractivity contribution in [2.24, 2.45) is 5.92 Å². The lowest BCUT2D eigenvalue weighted by Crippen LogP contribution is -2.36. The van der Waals surface area contributed by atoms with E-state index in [1.54, 1.807) is 36.4 Å². The van der Waals surface area contributed by atoms with Crippen LogP contribution in [-0.2, 0) is 4.74 Å². The molecule has 0 aliphatic carbocycles. The summed E-state index contributed by atoms with van der Waals surface area (Å²) in [6.07, 6.45) is 4.17. The molecule has 2 aromatic carbocycles. The molecule has 0 spiro atoms. The van der Waals surface area contributed by atoms with Crippen molar-refractivity contribution in [2.45, 2.75) is 79.3 Å². The van der Waals surface area contributed by atoms with Crippen LogP contribution in [0.3, 0.4) is 0 Å². The van der Waals surface area contributed by atoms with Crippen LogP contribution in [-0.4, -0.2) is 35.5 Å². The minimum atomic E-state index is -0.504. The molecule has 0 saturated carbocycles. The Hall–Kier alpha value is -2.82. The van der Waals surface area contributed by atoms with Gasteiger partial charge in [-0.3, -0.25) is 4.79 Å². The molecule has 180 valence electrons. The van der Waals surface area contributed by atoms with Crippen LogP contribution >= 0.6 is 0 Å². The summed E-state index contributed by atoms with van der Waals surface area (Å²) in [4.78, 5) is 28.3. The molecule has 1 unspecified atom stereocenters. The van der Waals surface area contributed by atoms with Crippen LogP contribution in [0.1, 0.15) is 93.5 Å². The van der Waals surface area contributed by atoms with Crippen LogP contribution < -0.4 is 4.90 Å². The number of unbranched alkanes of at least 4 members (excludes halogenated alkanes) is 1. The highest BCUT2D eigenvalue weighted by atomic mass is 16.5. The number of esters is 1. The third-order valence-electron chi connectivity index (χ3n) is 6.02. The van der Waals surface area contributed by atoms with Gasteiger partial charge >= 0.3 is 5.97 Å². The molecule has 0 heterocycles. The fourth-order valence-electron chi connectivity index (χ4n) is 4.24. The largest absolute Gasteiger partial charge is 0.507 e. The predicted octanol–water partition coefficient (Wildman–Crippen LogP) is 6.62. The van der Waals surface area contributed by atoms with E-state index in [1.807, 2.05) is 6.07 Å². The van der Waals surface area contributed by atoms with E-state index in [-0.39, 0.29) is 34.5 Å². The zero-order valence-corrected chi connectivity index (χ0v) is 20.9. The molecule has 0 saturated heterocycles. The highest BCUT2D eigenvalue weighted by Gasteiger charge is 2.23. The van der Waals surface area contributed by atoms with E-state index in [1.165, 1.54) is 0 Å². The number of carbonyl (C=O) groups excluding carboxylic acids is 2. The first-order chi connectivity index (χ1) is 15.7. The number of aromatic hydroxyl groups is 1. The average Bonchev–Trinajstić information content (AvgIpc) is 2.78. The van der Waals surface area contributed by atoms with Gasteiger partial charge in [-0.25, -0.2) is 4.79 Å². The van der Waals surface area contributed by atoms with Crippen molar-refractivity contribution in [3.05, 3.63) is 59.2 Å². The maximum Gasteiger partial charge on any atom is 0.338 e. The summed E-state index contributed by atoms with van der Waals surface area (Å²) in [5.74, 6) is -0.683. The van der Waals surface area contributed by atoms with Crippen molar-refractivity contribution < 1.29 is 19.4 Å². The summed E-state index contributed by atoms with van der Waals surface area (Å²) in [6.45, 7) is 12.9. The molecule has 1 N–H and O–H groups in total. The first-order valence-electron chi connectivity index (χ1n) is 12.1. The molecule has 0 fully saturated rings. The molecule has 0 aromatic heterocycles. The van der Waals surface area contributed by atoms with Crippen molar-refractivity contribution in [2.75, 3.05) is 11.5 Å². The molecule has 33 heavy (non-hydrogen) atoms. The maximum absolute atomic E-state index is 13.3. The molecule has 0 radical (unpaired) electrons. The summed E-state index contributed by atoms with van der Waals surface area (Å²) in [6, 6.07) is 12.2. The fourth-order valence-corrected chi connectivity index (χ4v) is 4.24. The van der Waals surface area contributed by atoms with Gasteiger partial charge in [-0.05, 0) is 58.2 Å². The molecule has 2 rings (SSSR count). The smallest absolute Gasteiger partial charge is 0.338 e. The predicted molar refractivity (Wildman–Crippen MR) is 134 cm³/mol. The summed E-state index contributed by atoms with van der Waals surface area (Å²) in [7, 11) is 0. The second kappa shape index (κ2) is 12.4. The van der Waals surface area contributed by atoms with Crippen LogP contribution in [0.5, 0.6) is 5.75 Å². The van der Waals surface area contributed by atoms with E-state index in [0.717, 1.165) is 31.4 Å². The van der Waals surface area contributed by atoms with Gasteiger partial charge in [0.2, 0.25) is 0 Å². The summed E-state index contributed by atoms with van der Waals surface area (Å²) in [5.41, 5.74) is 1.47. The van der Waals surface area contributed by atoms with Crippen molar-refractivity contribution >= 4 is 17.4 Å². The number of hydrogen-bond acceptors (Lipinski definition) is 5. The van der Waals surface area contributed by atoms with Gasteiger partial charge in [0.05, 0.1) is 17.7 Å². The Labute approximate surface area is 198 Å². The molecule has 0 amide bonds. The van der Waals surface area contributed by atoms with Crippen molar-refractivity contribution in [3.63, 3.8) is 0 Å². The number of benzene rings is 2. The van der Waals surface area contributed by atoms with E-state index < -0.39 is 11.8 Å². The molecule has 0 aliphatic rings. The van der Waals surface area contributed by atoms with E-state index in [0.29, 0.717) is 12.5 Å². The Morgan fingerprint density at radius 2 is 1.58 bits per heavy atom. The second-order valence-corrected chi connectivity index (χ2v) is 9.19. The summed E-state index contributed by atoms with van der Waals surface area (Å²) in [5, 5.41) is 10.7. The number of anilines is 1. The number of ether oxygens (including phenoxy) is 1. The third kappa shape index (κ3) is 6.83. The number of phenolic OH excluding ortho intramolecular Hbond substituents is 1. The normalized spacial score (nSPS) is 12.1. The van der Waals surface area contributed by atoms with Crippen LogP contribution in [0.15, 0.2) is 42.5 Å². The van der Waals surface area contributed by atoms with Crippen LogP contribution in [0.2, 0.25) is 0 Å². The molecule has 0 aliphatic heterocycles. The number of phenols is 1. The van der Waals surface area contributed by atoms with Crippen LogP contribution in [0, 0.1) is 5.92 Å². The van der Waals surface area contributed by atoms with Gasteiger partial charge in [-0.1, -0.05) is 51.3 Å². The monoisotopic (exact) mass is 453 g/mol. The van der Waals surface area contributed by atoms with Gasteiger partial charge in [0, 0.05) is 29.4 Å². The maximum atomic E-state index is 13.3. The van der Waals surface area contributed by atoms with Gasteiger partial charge < -0.3 is 14.7 Å². The second-order valence-electron chi connectivity index (χ2n) is 9.19. The van der Waals surface area contributed by atoms with Crippen molar-refractivity contribution in [1.29, 1.82) is 0 Å². The quantitative estimate of drug-likeness (QED) is 0.289. The Morgan fingerprint density at radius 1 is 0.939 bits per heavy atom. The zero-order chi connectivity index (χ0) is 24.5. The summed E-state index contributed by atoms with van der Waals surface area (Å²) < 4.78 is 5.58. The molecule has 5 heteroatoms. The van der Waals surface area contributed by atoms with Gasteiger partial charge in [-0.2, -0.15) is 0 Å². The minimum absolute atomic E-state index is 0.0995. The Bertz CT molecular complexity index is 927. The number of nitrogens with zero attached hydrogens (tertiary/aromatic N) is 1. The van der Waals surface area contributed by atoms with Crippen LogP contribution in [0.4, 0.5) is 5.69 Å². The van der Waals surface area contributed by atoms with E-state index in [2.05, 4.69) is 46.4 Å². The lowest BCUT2D eigenvalue weighted by Gasteiger charge is -2.33. The zero-order valence-electron chi connectivity index (χ0n) is 20.9. The van der Waals surface area contributed by atoms with Crippen molar-refractivity contribution in [1.82, 2.24) is 0 Å². The Morgan fingerprint density at radius 3 is 2.12 bits per heavy atom. The third-order valence-corrected chi connectivity index (χ3v) is 6.02. The van der Waals surface area contributed by atoms with Gasteiger partial charge in [0.25, 0.3) is 0 Å². The molecule has 1 atom stereocenters. The molecule has 0 bridgehead atoms. The van der Waals surface area contributed by atoms with E-state index >= 15 is 0 Å². The average molecular weight is 454 g/mol. The lowest BCUT2D eigenvalue weighted by atomic mass is 9.97. The highest BCUT2D eigenvalue weighted by molar-refractivity contribution is 6.15. The Balaban J connectivity index is 2.26. The summed E-state index contributed by atoms with van der Waals surface area (Å²) >= 11 is 0. The van der Waals surface area contributed by atoms with Gasteiger partial charge in [0.1, 0.15) is 5.75 Å². The number of carbonyl (C=O) groups is 2. The van der Waals surface area contributed by atoms with Gasteiger partial charge in [0.15, 0.2) is 5.78 Å². The van der Waals surface area contributed by atoms with E-state index in [4.69, 9.17) is 4.74 Å². The van der Waals surface area contributed by atoms with Gasteiger partial charge in [-0.15, -0.1) is 0 Å². The fraction of sp³-hybridized carbons (Fsp3) is 0.500.